The van der Waals surface area contributed by atoms with Crippen molar-refractivity contribution in [1.29, 1.82) is 0 Å². The molecule has 8 rings (SSSR count). The molecule has 2 unspecified atom stereocenters. The summed E-state index contributed by atoms with van der Waals surface area (Å²) in [6.07, 6.45) is 8.21. The minimum absolute atomic E-state index is 0.0922. The van der Waals surface area contributed by atoms with Crippen molar-refractivity contribution in [3.63, 3.8) is 0 Å². The van der Waals surface area contributed by atoms with Gasteiger partial charge in [-0.1, -0.05) is 85.6 Å². The van der Waals surface area contributed by atoms with Crippen molar-refractivity contribution in [2.45, 2.75) is 109 Å². The zero-order chi connectivity index (χ0) is 55.1. The summed E-state index contributed by atoms with van der Waals surface area (Å²) in [6.45, 7) is 4.68. The number of carbonyl (C=O) groups is 2. The highest BCUT2D eigenvalue weighted by molar-refractivity contribution is 7.91. The van der Waals surface area contributed by atoms with Gasteiger partial charge < -0.3 is 19.3 Å². The van der Waals surface area contributed by atoms with Crippen LogP contribution in [0.3, 0.4) is 0 Å². The van der Waals surface area contributed by atoms with Crippen LogP contribution >= 0.6 is 0 Å². The first-order valence-corrected chi connectivity index (χ1v) is 31.3. The van der Waals surface area contributed by atoms with Crippen molar-refractivity contribution in [2.24, 2.45) is 0 Å². The summed E-state index contributed by atoms with van der Waals surface area (Å²) < 4.78 is 123. The molecule has 16 nitrogen and oxygen atoms in total. The van der Waals surface area contributed by atoms with Crippen LogP contribution in [0.1, 0.15) is 93.6 Å². The molecule has 0 saturated heterocycles. The smallest absolute Gasteiger partial charge is 0.344 e. The van der Waals surface area contributed by atoms with Gasteiger partial charge in [0.05, 0.1) is 19.6 Å². The van der Waals surface area contributed by atoms with Crippen molar-refractivity contribution in [3.05, 3.63) is 156 Å². The van der Waals surface area contributed by atoms with Gasteiger partial charge in [-0.05, 0) is 164 Å². The second-order valence-corrected chi connectivity index (χ2v) is 27.2. The van der Waals surface area contributed by atoms with Crippen LogP contribution in [0.25, 0.3) is 22.3 Å². The number of sulfonamides is 2. The van der Waals surface area contributed by atoms with E-state index in [4.69, 9.17) is 19.3 Å². The van der Waals surface area contributed by atoms with Gasteiger partial charge in [-0.25, -0.2) is 52.7 Å². The third-order valence-corrected chi connectivity index (χ3v) is 17.9. The molecule has 2 aliphatic rings. The molecule has 2 atom stereocenters. The predicted molar refractivity (Wildman–Crippen MR) is 289 cm³/mol. The molecule has 0 amide bonds. The van der Waals surface area contributed by atoms with E-state index in [1.54, 1.807) is 106 Å². The van der Waals surface area contributed by atoms with Crippen LogP contribution < -0.4 is 18.9 Å². The lowest BCUT2D eigenvalue weighted by atomic mass is 9.99. The van der Waals surface area contributed by atoms with Gasteiger partial charge in [0.25, 0.3) is 0 Å². The number of hydrogen-bond acceptors (Lipinski definition) is 13. The number of carboxylic acids is 1. The Morgan fingerprint density at radius 2 is 0.908 bits per heavy atom. The molecule has 0 fully saturated rings. The molecule has 0 heterocycles. The first kappa shape index (κ1) is 57.3. The number of benzene rings is 6. The molecule has 76 heavy (non-hydrogen) atoms. The summed E-state index contributed by atoms with van der Waals surface area (Å²) in [6, 6.07) is 35.5. The zero-order valence-electron chi connectivity index (χ0n) is 42.8. The first-order valence-electron chi connectivity index (χ1n) is 24.6. The Bertz CT molecular complexity index is 3540. The molecule has 20 heteroatoms. The van der Waals surface area contributed by atoms with E-state index in [2.05, 4.69) is 9.44 Å². The lowest BCUT2D eigenvalue weighted by Gasteiger charge is -2.22. The van der Waals surface area contributed by atoms with Crippen LogP contribution in [0.5, 0.6) is 11.5 Å². The summed E-state index contributed by atoms with van der Waals surface area (Å²) >= 11 is 0. The van der Waals surface area contributed by atoms with Gasteiger partial charge in [0.1, 0.15) is 17.1 Å². The van der Waals surface area contributed by atoms with Crippen LogP contribution in [0.4, 0.5) is 0 Å². The molecule has 0 saturated carbocycles. The maximum Gasteiger partial charge on any atom is 0.344 e. The highest BCUT2D eigenvalue weighted by atomic mass is 32.2. The third-order valence-electron chi connectivity index (χ3n) is 12.7. The van der Waals surface area contributed by atoms with Crippen LogP contribution in [0, 0.1) is 0 Å². The quantitative estimate of drug-likeness (QED) is 0.0605. The van der Waals surface area contributed by atoms with E-state index < -0.39 is 76.0 Å². The molecule has 0 radical (unpaired) electrons. The number of carboxylic acid groups (broad SMARTS) is 1. The number of nitrogens with one attached hydrogen (secondary N) is 2. The van der Waals surface area contributed by atoms with Crippen molar-refractivity contribution in [2.75, 3.05) is 25.7 Å². The highest BCUT2D eigenvalue weighted by Crippen LogP contribution is 2.37. The highest BCUT2D eigenvalue weighted by Gasteiger charge is 2.29. The molecule has 6 aromatic rings. The van der Waals surface area contributed by atoms with Crippen LogP contribution in [0.2, 0.25) is 0 Å². The van der Waals surface area contributed by atoms with Gasteiger partial charge in [0, 0.05) is 24.6 Å². The molecule has 2 aliphatic carbocycles. The Morgan fingerprint density at radius 1 is 0.513 bits per heavy atom. The van der Waals surface area contributed by atoms with E-state index in [0.29, 0.717) is 59.4 Å². The topological polar surface area (TPSA) is 243 Å². The van der Waals surface area contributed by atoms with E-state index >= 15 is 0 Å². The van der Waals surface area contributed by atoms with Gasteiger partial charge in [-0.2, -0.15) is 0 Å². The predicted octanol–water partition coefficient (Wildman–Crippen LogP) is 9.19. The van der Waals surface area contributed by atoms with E-state index in [1.165, 1.54) is 36.4 Å². The minimum atomic E-state index is -3.87. The van der Waals surface area contributed by atoms with Gasteiger partial charge in [-0.15, -0.1) is 0 Å². The van der Waals surface area contributed by atoms with Crippen LogP contribution in [-0.4, -0.2) is 82.0 Å². The van der Waals surface area contributed by atoms with Crippen molar-refractivity contribution in [3.8, 4) is 33.8 Å². The second kappa shape index (κ2) is 23.9. The Morgan fingerprint density at radius 3 is 1.29 bits per heavy atom. The average molecular weight is 1120 g/mol. The van der Waals surface area contributed by atoms with Gasteiger partial charge in [0.15, 0.2) is 32.9 Å². The lowest BCUT2D eigenvalue weighted by molar-refractivity contribution is -0.157. The van der Waals surface area contributed by atoms with Gasteiger partial charge in [-0.3, -0.25) is 0 Å². The van der Waals surface area contributed by atoms with E-state index in [9.17, 15) is 43.3 Å². The van der Waals surface area contributed by atoms with Crippen molar-refractivity contribution in [1.82, 2.24) is 9.44 Å². The largest absolute Gasteiger partial charge is 0.482 e. The van der Waals surface area contributed by atoms with Crippen LogP contribution in [0.15, 0.2) is 153 Å². The van der Waals surface area contributed by atoms with E-state index in [1.807, 2.05) is 12.1 Å². The Kier molecular flexibility index (Phi) is 18.0. The van der Waals surface area contributed by atoms with E-state index in [-0.39, 0.29) is 26.2 Å². The summed E-state index contributed by atoms with van der Waals surface area (Å²) in [4.78, 5) is 23.7. The monoisotopic (exact) mass is 1110 g/mol. The molecule has 6 aromatic carbocycles. The molecule has 0 bridgehead atoms. The normalized spacial score (nSPS) is 16.1. The molecule has 0 spiro atoms. The first-order chi connectivity index (χ1) is 35.8. The van der Waals surface area contributed by atoms with Gasteiger partial charge in [0.2, 0.25) is 20.0 Å². The van der Waals surface area contributed by atoms with Gasteiger partial charge >= 0.3 is 11.9 Å². The summed E-state index contributed by atoms with van der Waals surface area (Å²) in [7, 11) is -14.5. The fraction of sp³-hybridized carbons (Fsp3) is 0.321. The molecule has 0 aliphatic heterocycles. The number of aliphatic carboxylic acids is 1. The van der Waals surface area contributed by atoms with Crippen molar-refractivity contribution < 1.29 is 62.6 Å². The fourth-order valence-corrected chi connectivity index (χ4v) is 12.9. The molecule has 404 valence electrons. The lowest BCUT2D eigenvalue weighted by Crippen LogP contribution is -2.29. The number of esters is 1. The molecular weight excluding hydrogens is 1050 g/mol. The third kappa shape index (κ3) is 15.2. The zero-order valence-corrected chi connectivity index (χ0v) is 46.1. The number of rotatable bonds is 16. The molecule has 0 aromatic heterocycles. The number of ether oxygens (including phenoxy) is 3. The van der Waals surface area contributed by atoms with Crippen LogP contribution in [-0.2, 0) is 66.9 Å². The molecule has 3 N–H and O–H groups in total. The summed E-state index contributed by atoms with van der Waals surface area (Å²) in [5.74, 6) is -0.538. The van der Waals surface area contributed by atoms with E-state index in [0.717, 1.165) is 60.4 Å². The fourth-order valence-electron chi connectivity index (χ4n) is 9.10. The Balaban J connectivity index is 0.000000222. The number of fused-ring (bicyclic) bond motifs is 2. The average Bonchev–Trinajstić information content (AvgIpc) is 3.71. The molecular formula is C56H62N2O14S4. The maximum absolute atomic E-state index is 13.4. The number of carbonyl (C=O) groups excluding carboxylic acids is 1. The maximum atomic E-state index is 13.4. The Labute approximate surface area is 445 Å². The van der Waals surface area contributed by atoms with Crippen molar-refractivity contribution >= 4 is 51.7 Å². The SMILES string of the molecule is CC(C)(C)OC(=O)COc1cccc2c1CCCCC2NS(=O)(=O)c1ccc(-c2cccc(S(C)(=O)=O)c2)cc1.CS(=O)(=O)c1cccc(-c2ccc(S(=O)(=O)NC3CCCCc4c(OCC(=O)O)cccc43)cc2)c1. The Hall–Kier alpha value is -6.42. The number of sulfone groups is 2. The summed E-state index contributed by atoms with van der Waals surface area (Å²) in [5.41, 5.74) is 5.46. The minimum Gasteiger partial charge on any atom is -0.482 e. The summed E-state index contributed by atoms with van der Waals surface area (Å²) in [5, 5.41) is 8.96. The second-order valence-electron chi connectivity index (χ2n) is 19.7. The standard InChI is InChI=1S/C30H35NO7S2.C26H27NO7S2/c1-30(2,3)38-29(32)20-37-28-14-8-12-25-26(28)11-5-6-13-27(25)31-40(35,36)23-17-15-21(16-18-23)22-9-7-10-24(19-22)39(4,33)34;1-35(30,31)21-7-4-6-19(16-21)18-12-14-20(15-13-18)36(32,33)27-24-10-3-2-8-23-22(24)9-5-11-25(23)34-17-26(28)29/h7-10,12,14-19,27,31H,5-6,11,13,20H2,1-4H3;4-7,9,11-16,24,27H,2-3,8,10,17H2,1H3,(H,28,29). The number of hydrogen-bond donors (Lipinski definition) is 3.